The van der Waals surface area contributed by atoms with Gasteiger partial charge in [0.1, 0.15) is 42.3 Å². The van der Waals surface area contributed by atoms with Crippen molar-refractivity contribution in [2.45, 2.75) is 159 Å². The number of carboxylic acid groups (broad SMARTS) is 4. The first-order valence-corrected chi connectivity index (χ1v) is 41.6. The van der Waals surface area contributed by atoms with Gasteiger partial charge in [0.15, 0.2) is 0 Å². The third-order valence-corrected chi connectivity index (χ3v) is 21.8. The molecule has 43 heteroatoms. The van der Waals surface area contributed by atoms with Gasteiger partial charge in [-0.05, 0) is 63.9 Å². The summed E-state index contributed by atoms with van der Waals surface area (Å²) in [5.41, 5.74) is 5.84. The maximum Gasteiger partial charge on any atom is 0.327 e. The van der Waals surface area contributed by atoms with Crippen LogP contribution in [0.4, 0.5) is 0 Å². The highest BCUT2D eigenvalue weighted by molar-refractivity contribution is 8.08. The Hall–Kier alpha value is -9.47. The van der Waals surface area contributed by atoms with E-state index < -0.39 is 161 Å². The first-order valence-electron chi connectivity index (χ1n) is 39.6. The number of carboxylic acids is 4. The first kappa shape index (κ1) is 99.1. The van der Waals surface area contributed by atoms with Crippen LogP contribution in [0.1, 0.15) is 109 Å². The van der Waals surface area contributed by atoms with E-state index in [4.69, 9.17) is 19.9 Å². The topological polar surface area (TPSA) is 573 Å². The summed E-state index contributed by atoms with van der Waals surface area (Å²) < 4.78 is 16.8. The van der Waals surface area contributed by atoms with Crippen molar-refractivity contribution in [1.29, 1.82) is 0 Å². The maximum atomic E-state index is 15.0. The van der Waals surface area contributed by atoms with Crippen molar-refractivity contribution >= 4 is 124 Å². The van der Waals surface area contributed by atoms with Gasteiger partial charge in [0.2, 0.25) is 65.0 Å². The molecule has 0 bridgehead atoms. The molecule has 0 radical (unpaired) electrons. The largest absolute Gasteiger partial charge is 0.480 e. The monoisotopic (exact) mass is 1700 g/mol. The molecular weight excluding hydrogens is 1590 g/mol. The predicted octanol–water partition coefficient (Wildman–Crippen LogP) is -4.66. The number of ether oxygens (including phenoxy) is 3. The second kappa shape index (κ2) is 53.9. The molecule has 8 atom stereocenters. The molecule has 4 aliphatic rings. The number of likely N-dealkylation sites (N-methyl/N-ethyl adjacent to an activating group) is 1. The van der Waals surface area contributed by atoms with Gasteiger partial charge in [-0.1, -0.05) is 50.1 Å². The second-order valence-electron chi connectivity index (χ2n) is 28.7. The maximum absolute atomic E-state index is 15.0. The lowest BCUT2D eigenvalue weighted by atomic mass is 10.0. The number of likely N-dealkylation sites (tertiary alicyclic amines) is 2. The molecule has 0 aromatic heterocycles. The van der Waals surface area contributed by atoms with Gasteiger partial charge in [-0.3, -0.25) is 102 Å². The number of hydrogen-bond donors (Lipinski definition) is 15. The Morgan fingerprint density at radius 2 is 0.966 bits per heavy atom. The van der Waals surface area contributed by atoms with Gasteiger partial charge in [0, 0.05) is 136 Å². The van der Waals surface area contributed by atoms with Crippen LogP contribution in [-0.4, -0.2) is 367 Å². The van der Waals surface area contributed by atoms with E-state index in [0.29, 0.717) is 100 Å². The van der Waals surface area contributed by atoms with Crippen LogP contribution in [0, 0.1) is 0 Å². The molecule has 0 aliphatic carbocycles. The summed E-state index contributed by atoms with van der Waals surface area (Å²) in [4.78, 5) is 233. The average molecular weight is 1710 g/mol. The van der Waals surface area contributed by atoms with Gasteiger partial charge >= 0.3 is 23.9 Å². The zero-order valence-corrected chi connectivity index (χ0v) is 68.7. The molecule has 658 valence electrons. The van der Waals surface area contributed by atoms with Crippen LogP contribution in [0.3, 0.4) is 0 Å². The number of nitrogens with two attached hydrogens (primary N) is 1. The Labute approximate surface area is 692 Å². The number of thioether (sulfide) groups is 2. The highest BCUT2D eigenvalue weighted by Crippen LogP contribution is 2.34. The molecule has 118 heavy (non-hydrogen) atoms. The van der Waals surface area contributed by atoms with Crippen LogP contribution >= 0.6 is 23.5 Å². The number of aliphatic carboxylic acids is 4. The summed E-state index contributed by atoms with van der Waals surface area (Å²) in [5, 5.41) is 71.7. The molecule has 1 aromatic rings. The minimum Gasteiger partial charge on any atom is -0.480 e. The molecule has 0 saturated carbocycles. The predicted molar refractivity (Wildman–Crippen MR) is 426 cm³/mol. The third-order valence-electron chi connectivity index (χ3n) is 19.3. The van der Waals surface area contributed by atoms with Crippen molar-refractivity contribution in [1.82, 2.24) is 77.3 Å². The number of nitrogens with zero attached hydrogens (tertiary/aromatic N) is 6. The number of unbranched alkanes of at least 4 members (excludes halogenated alkanes) is 1. The van der Waals surface area contributed by atoms with Gasteiger partial charge < -0.3 is 97.8 Å². The highest BCUT2D eigenvalue weighted by Gasteiger charge is 2.45. The lowest BCUT2D eigenvalue weighted by Gasteiger charge is -2.33. The van der Waals surface area contributed by atoms with E-state index in [1.807, 2.05) is 11.8 Å². The second-order valence-corrected chi connectivity index (χ2v) is 30.8. The fourth-order valence-electron chi connectivity index (χ4n) is 13.1. The number of rotatable bonds is 53. The van der Waals surface area contributed by atoms with Crippen molar-refractivity contribution in [2.75, 3.05) is 163 Å². The highest BCUT2D eigenvalue weighted by atomic mass is 32.2. The molecule has 4 heterocycles. The molecule has 4 aliphatic heterocycles. The molecule has 3 saturated heterocycles. The Balaban J connectivity index is 1.12. The number of carbonyl (C=O) groups is 17. The van der Waals surface area contributed by atoms with E-state index in [9.17, 15) is 102 Å². The summed E-state index contributed by atoms with van der Waals surface area (Å²) >= 11 is 1.20. The van der Waals surface area contributed by atoms with Crippen molar-refractivity contribution in [2.24, 2.45) is 5.73 Å². The van der Waals surface area contributed by atoms with E-state index >= 15 is 4.79 Å². The molecule has 16 N–H and O–H groups in total. The Bertz CT molecular complexity index is 3570. The molecule has 0 unspecified atom stereocenters. The number of hydrogen-bond acceptors (Lipinski definition) is 27. The van der Waals surface area contributed by atoms with Gasteiger partial charge in [0.05, 0.1) is 74.9 Å². The van der Waals surface area contributed by atoms with Crippen LogP contribution in [0.2, 0.25) is 0 Å². The minimum absolute atomic E-state index is 0.0207. The van der Waals surface area contributed by atoms with E-state index in [2.05, 4.69) is 47.9 Å². The number of imide groups is 1. The molecule has 1 aromatic carbocycles. The molecule has 13 amide bonds. The lowest BCUT2D eigenvalue weighted by molar-refractivity contribution is -0.147. The van der Waals surface area contributed by atoms with Crippen LogP contribution in [0.25, 0.3) is 0 Å². The summed E-state index contributed by atoms with van der Waals surface area (Å²) in [6.45, 7) is 6.84. The van der Waals surface area contributed by atoms with E-state index in [1.165, 1.54) is 23.8 Å². The van der Waals surface area contributed by atoms with Crippen molar-refractivity contribution in [3.8, 4) is 0 Å². The fraction of sp³-hybridized carbons (Fsp3) is 0.667. The minimum atomic E-state index is -1.82. The Morgan fingerprint density at radius 1 is 0.517 bits per heavy atom. The van der Waals surface area contributed by atoms with Crippen molar-refractivity contribution in [3.05, 3.63) is 45.7 Å². The number of primary amides is 1. The summed E-state index contributed by atoms with van der Waals surface area (Å²) in [5.74, 6) is -15.3. The molecule has 3 fully saturated rings. The van der Waals surface area contributed by atoms with E-state index in [1.54, 1.807) is 45.0 Å². The van der Waals surface area contributed by atoms with Crippen LogP contribution in [0.15, 0.2) is 40.1 Å². The molecule has 0 spiro atoms. The third kappa shape index (κ3) is 37.2. The average Bonchev–Trinajstić information content (AvgIpc) is 1.64. The summed E-state index contributed by atoms with van der Waals surface area (Å²) in [6, 6.07) is -1.29. The van der Waals surface area contributed by atoms with Gasteiger partial charge in [-0.2, -0.15) is 0 Å². The Kier molecular flexibility index (Phi) is 45.2. The standard InChI is InChI=1S/C75H116N16O25S2/c1-4-5-15-50(80-59(95)21-20-58(94)78-22-11-34-114-36-38-116-39-37-115-35-12-23-79-61(97)42-86-26-28-87(43-62(98)99)30-32-89(45-64(102)103)33-31-88(29-27-86)44-63(100)101)67(104)83-53(73(110)91-25-10-17-56(91)74(111)90-24-9-16-55(90)70(107)77-3)46-117-65-66(72(109)85-71(65)108)118-47-54(75(112)113)84-69(106)52(41-49-13-7-6-8-14-49)82-68(105)51(18-19-57(76)93)81-60(96)40-48(2)92/h6-8,13-14,48,50-56,92H,4-5,9-12,15-47H2,1-3H3,(H2,76,93)(H,77,107)(H,78,94)(H,79,97)(H,80,95)(H,81,96)(H,82,105)(H,83,104)(H,84,106)(H,98,99)(H,100,101)(H,102,103)(H,112,113)(H,85,108,109)/t48-,50+,51+,52+,53+,54+,55+,56+/m1/s1. The number of aliphatic hydroxyl groups is 1. The quantitative estimate of drug-likeness (QED) is 0.0215. The number of carbonyl (C=O) groups excluding carboxylic acids is 13. The van der Waals surface area contributed by atoms with Crippen molar-refractivity contribution in [3.63, 3.8) is 0 Å². The van der Waals surface area contributed by atoms with Crippen LogP contribution < -0.4 is 53.6 Å². The van der Waals surface area contributed by atoms with Crippen LogP contribution in [0.5, 0.6) is 0 Å². The van der Waals surface area contributed by atoms with Crippen LogP contribution in [-0.2, 0) is 102 Å². The van der Waals surface area contributed by atoms with Gasteiger partial charge in [-0.25, -0.2) is 4.79 Å². The van der Waals surface area contributed by atoms with Gasteiger partial charge in [-0.15, -0.1) is 23.5 Å². The number of benzene rings is 1. The molecular formula is C75H116N16O25S2. The summed E-state index contributed by atoms with van der Waals surface area (Å²) in [6.07, 6.45) is 0.322. The zero-order chi connectivity index (χ0) is 86.6. The zero-order valence-electron chi connectivity index (χ0n) is 67.1. The SMILES string of the molecule is CCCC[C@H](NC(=O)CCC(=O)NCCCOCCOCCOCCCNC(=O)CN1CCN(CC(=O)O)CCN(CC(=O)O)CCN(CC(=O)O)CC1)C(=O)N[C@@H](CSC1=C(SC[C@H](NC(=O)[C@H](Cc2ccccc2)NC(=O)[C@H](CCC(N)=O)NC(=O)C[C@@H](C)O)C(=O)O)C(=O)NC1=O)C(=O)N1CCC[C@H]1C(=O)N1CCC[C@H]1C(=O)NC. The molecule has 5 rings (SSSR count). The number of amides is 13. The first-order chi connectivity index (χ1) is 56.3. The van der Waals surface area contributed by atoms with E-state index in [-0.39, 0.29) is 179 Å². The normalized spacial score (nSPS) is 18.1. The van der Waals surface area contributed by atoms with E-state index in [0.717, 1.165) is 0 Å². The molecule has 41 nitrogen and oxygen atoms in total. The lowest BCUT2D eigenvalue weighted by Crippen LogP contribution is -2.58. The van der Waals surface area contributed by atoms with Gasteiger partial charge in [0.25, 0.3) is 11.8 Å². The number of nitrogens with one attached hydrogen (secondary N) is 9. The smallest absolute Gasteiger partial charge is 0.327 e. The van der Waals surface area contributed by atoms with Crippen molar-refractivity contribution < 1.29 is 121 Å². The Morgan fingerprint density at radius 3 is 1.47 bits per heavy atom. The fourth-order valence-corrected chi connectivity index (χ4v) is 15.4. The number of aliphatic hydroxyl groups excluding tert-OH is 1. The summed E-state index contributed by atoms with van der Waals surface area (Å²) in [7, 11) is 1.44.